The molecule has 1 amide bonds. The Kier molecular flexibility index (Phi) is 5.79. The largest absolute Gasteiger partial charge is 0.398 e. The molecule has 0 unspecified atom stereocenters. The van der Waals surface area contributed by atoms with Crippen LogP contribution >= 0.6 is 0 Å². The maximum Gasteiger partial charge on any atom is 0.238 e. The summed E-state index contributed by atoms with van der Waals surface area (Å²) >= 11 is 0. The summed E-state index contributed by atoms with van der Waals surface area (Å²) in [5.74, 6) is -0.106. The van der Waals surface area contributed by atoms with Gasteiger partial charge in [-0.15, -0.1) is 0 Å². The number of aryl methyl sites for hydroxylation is 1. The molecule has 0 saturated carbocycles. The number of nitrogens with one attached hydrogen (secondary N) is 1. The van der Waals surface area contributed by atoms with Crippen molar-refractivity contribution in [2.45, 2.75) is 26.8 Å². The van der Waals surface area contributed by atoms with Crippen LogP contribution in [0.2, 0.25) is 0 Å². The van der Waals surface area contributed by atoms with Crippen LogP contribution < -0.4 is 11.1 Å². The van der Waals surface area contributed by atoms with Crippen molar-refractivity contribution in [2.24, 2.45) is 0 Å². The Bertz CT molecular complexity index is 433. The second-order valence-corrected chi connectivity index (χ2v) is 4.91. The number of hydrogen-bond donors (Lipinski definition) is 3. The van der Waals surface area contributed by atoms with Crippen molar-refractivity contribution >= 4 is 17.3 Å². The predicted molar refractivity (Wildman–Crippen MR) is 78.0 cm³/mol. The molecule has 1 rings (SSSR count). The van der Waals surface area contributed by atoms with Crippen LogP contribution in [0.15, 0.2) is 18.2 Å². The monoisotopic (exact) mass is 265 g/mol. The van der Waals surface area contributed by atoms with E-state index in [-0.39, 0.29) is 25.1 Å². The maximum absolute atomic E-state index is 11.9. The van der Waals surface area contributed by atoms with Crippen LogP contribution in [0.25, 0.3) is 0 Å². The van der Waals surface area contributed by atoms with Crippen molar-refractivity contribution in [3.8, 4) is 0 Å². The molecule has 0 atom stereocenters. The molecule has 0 aromatic heterocycles. The van der Waals surface area contributed by atoms with Crippen LogP contribution in [-0.4, -0.2) is 41.7 Å². The van der Waals surface area contributed by atoms with Gasteiger partial charge in [0, 0.05) is 24.0 Å². The average Bonchev–Trinajstić information content (AvgIpc) is 2.33. The Morgan fingerprint density at radius 1 is 1.47 bits per heavy atom. The number of hydrogen-bond acceptors (Lipinski definition) is 4. The minimum absolute atomic E-state index is 0.0446. The van der Waals surface area contributed by atoms with Crippen molar-refractivity contribution in [2.75, 3.05) is 30.7 Å². The quantitative estimate of drug-likeness (QED) is 0.676. The molecule has 5 nitrogen and oxygen atoms in total. The number of anilines is 2. The van der Waals surface area contributed by atoms with E-state index in [1.807, 2.05) is 37.8 Å². The lowest BCUT2D eigenvalue weighted by Crippen LogP contribution is -2.39. The van der Waals surface area contributed by atoms with E-state index < -0.39 is 0 Å². The third-order valence-corrected chi connectivity index (χ3v) is 3.03. The van der Waals surface area contributed by atoms with E-state index in [0.717, 1.165) is 5.56 Å². The summed E-state index contributed by atoms with van der Waals surface area (Å²) in [6, 6.07) is 5.66. The van der Waals surface area contributed by atoms with E-state index in [2.05, 4.69) is 5.32 Å². The van der Waals surface area contributed by atoms with E-state index in [4.69, 9.17) is 10.8 Å². The highest BCUT2D eigenvalue weighted by Crippen LogP contribution is 2.16. The van der Waals surface area contributed by atoms with Crippen LogP contribution in [0.4, 0.5) is 11.4 Å². The van der Waals surface area contributed by atoms with Gasteiger partial charge in [0.15, 0.2) is 0 Å². The van der Waals surface area contributed by atoms with Crippen molar-refractivity contribution in [3.63, 3.8) is 0 Å². The lowest BCUT2D eigenvalue weighted by Gasteiger charge is -2.24. The summed E-state index contributed by atoms with van der Waals surface area (Å²) < 4.78 is 0. The van der Waals surface area contributed by atoms with Crippen LogP contribution in [-0.2, 0) is 4.79 Å². The van der Waals surface area contributed by atoms with E-state index in [0.29, 0.717) is 17.9 Å². The molecule has 0 aliphatic rings. The first-order chi connectivity index (χ1) is 8.93. The van der Waals surface area contributed by atoms with Crippen molar-refractivity contribution < 1.29 is 9.90 Å². The fraction of sp³-hybridized carbons (Fsp3) is 0.500. The Hall–Kier alpha value is -1.59. The van der Waals surface area contributed by atoms with E-state index in [1.165, 1.54) is 0 Å². The number of carbonyl (C=O) groups excluding carboxylic acids is 1. The lowest BCUT2D eigenvalue weighted by atomic mass is 10.2. The highest BCUT2D eigenvalue weighted by Gasteiger charge is 2.13. The number of aliphatic hydroxyl groups is 1. The molecule has 5 heteroatoms. The molecule has 0 heterocycles. The molecule has 106 valence electrons. The minimum Gasteiger partial charge on any atom is -0.398 e. The fourth-order valence-corrected chi connectivity index (χ4v) is 1.75. The standard InChI is InChI=1S/C14H23N3O2/c1-10(2)17(6-7-18)9-14(19)16-12-5-4-11(3)13(15)8-12/h4-5,8,10,18H,6-7,9,15H2,1-3H3,(H,16,19). The third-order valence-electron chi connectivity index (χ3n) is 3.03. The Labute approximate surface area is 114 Å². The topological polar surface area (TPSA) is 78.6 Å². The van der Waals surface area contributed by atoms with E-state index in [9.17, 15) is 4.79 Å². The van der Waals surface area contributed by atoms with Crippen molar-refractivity contribution in [3.05, 3.63) is 23.8 Å². The summed E-state index contributed by atoms with van der Waals surface area (Å²) in [6.45, 7) is 6.69. The van der Waals surface area contributed by atoms with Gasteiger partial charge in [0.05, 0.1) is 13.2 Å². The molecule has 0 bridgehead atoms. The summed E-state index contributed by atoms with van der Waals surface area (Å²) in [4.78, 5) is 13.8. The van der Waals surface area contributed by atoms with Gasteiger partial charge in [-0.1, -0.05) is 6.07 Å². The number of nitrogens with zero attached hydrogens (tertiary/aromatic N) is 1. The number of benzene rings is 1. The molecule has 0 saturated heterocycles. The summed E-state index contributed by atoms with van der Waals surface area (Å²) in [5, 5.41) is 11.8. The summed E-state index contributed by atoms with van der Waals surface area (Å²) in [7, 11) is 0. The van der Waals surface area contributed by atoms with Crippen LogP contribution in [0.3, 0.4) is 0 Å². The first-order valence-electron chi connectivity index (χ1n) is 6.45. The smallest absolute Gasteiger partial charge is 0.238 e. The van der Waals surface area contributed by atoms with Crippen LogP contribution in [0, 0.1) is 6.92 Å². The predicted octanol–water partition coefficient (Wildman–Crippen LogP) is 1.22. The number of nitrogen functional groups attached to an aromatic ring is 1. The Morgan fingerprint density at radius 2 is 2.16 bits per heavy atom. The first-order valence-corrected chi connectivity index (χ1v) is 6.45. The van der Waals surface area contributed by atoms with Crippen LogP contribution in [0.5, 0.6) is 0 Å². The van der Waals surface area contributed by atoms with Gasteiger partial charge in [0.1, 0.15) is 0 Å². The SMILES string of the molecule is Cc1ccc(NC(=O)CN(CCO)C(C)C)cc1N. The van der Waals surface area contributed by atoms with Gasteiger partial charge in [-0.2, -0.15) is 0 Å². The van der Waals surface area contributed by atoms with Gasteiger partial charge in [0.25, 0.3) is 0 Å². The van der Waals surface area contributed by atoms with E-state index in [1.54, 1.807) is 6.07 Å². The zero-order valence-corrected chi connectivity index (χ0v) is 11.8. The second kappa shape index (κ2) is 7.11. The van der Waals surface area contributed by atoms with Gasteiger partial charge in [-0.05, 0) is 38.5 Å². The molecule has 0 aliphatic carbocycles. The first kappa shape index (κ1) is 15.5. The normalized spacial score (nSPS) is 11.1. The van der Waals surface area contributed by atoms with Gasteiger partial charge in [0.2, 0.25) is 5.91 Å². The Morgan fingerprint density at radius 3 is 2.68 bits per heavy atom. The number of aliphatic hydroxyl groups excluding tert-OH is 1. The molecule has 0 radical (unpaired) electrons. The van der Waals surface area contributed by atoms with Crippen molar-refractivity contribution in [1.82, 2.24) is 4.90 Å². The Balaban J connectivity index is 2.61. The molecule has 19 heavy (non-hydrogen) atoms. The maximum atomic E-state index is 11.9. The molecular formula is C14H23N3O2. The third kappa shape index (κ3) is 4.89. The number of carbonyl (C=O) groups is 1. The highest BCUT2D eigenvalue weighted by molar-refractivity contribution is 5.92. The van der Waals surface area contributed by atoms with Crippen molar-refractivity contribution in [1.29, 1.82) is 0 Å². The summed E-state index contributed by atoms with van der Waals surface area (Å²) in [5.41, 5.74) is 8.14. The lowest BCUT2D eigenvalue weighted by molar-refractivity contribution is -0.117. The zero-order chi connectivity index (χ0) is 14.4. The van der Waals surface area contributed by atoms with Gasteiger partial charge < -0.3 is 16.2 Å². The number of rotatable bonds is 6. The molecule has 0 fully saturated rings. The van der Waals surface area contributed by atoms with Crippen LogP contribution in [0.1, 0.15) is 19.4 Å². The summed E-state index contributed by atoms with van der Waals surface area (Å²) in [6.07, 6.45) is 0. The molecule has 1 aromatic carbocycles. The molecule has 4 N–H and O–H groups in total. The fourth-order valence-electron chi connectivity index (χ4n) is 1.75. The molecular weight excluding hydrogens is 242 g/mol. The molecule has 1 aromatic rings. The van der Waals surface area contributed by atoms with Gasteiger partial charge in [-0.3, -0.25) is 9.69 Å². The number of amides is 1. The average molecular weight is 265 g/mol. The molecule has 0 spiro atoms. The second-order valence-electron chi connectivity index (χ2n) is 4.91. The number of nitrogens with two attached hydrogens (primary N) is 1. The van der Waals surface area contributed by atoms with Gasteiger partial charge in [-0.25, -0.2) is 0 Å². The molecule has 0 aliphatic heterocycles. The van der Waals surface area contributed by atoms with Gasteiger partial charge >= 0.3 is 0 Å². The highest BCUT2D eigenvalue weighted by atomic mass is 16.3. The van der Waals surface area contributed by atoms with E-state index >= 15 is 0 Å². The zero-order valence-electron chi connectivity index (χ0n) is 11.8. The minimum atomic E-state index is -0.106.